The number of anilines is 1. The van der Waals surface area contributed by atoms with E-state index >= 15 is 0 Å². The van der Waals surface area contributed by atoms with E-state index in [0.717, 1.165) is 25.3 Å². The van der Waals surface area contributed by atoms with Gasteiger partial charge in [0.1, 0.15) is 10.6 Å². The molecule has 0 unspecified atom stereocenters. The largest absolute Gasteiger partial charge is 0.501 e. The number of phenols is 1. The number of hydrogen-bond acceptors (Lipinski definition) is 7. The zero-order chi connectivity index (χ0) is 19.6. The van der Waals surface area contributed by atoms with E-state index in [1.807, 2.05) is 0 Å². The van der Waals surface area contributed by atoms with Crippen LogP contribution in [0, 0.1) is 10.1 Å². The van der Waals surface area contributed by atoms with Gasteiger partial charge in [0, 0.05) is 22.9 Å². The number of methoxy groups -OCH3 is 1. The van der Waals surface area contributed by atoms with Crippen molar-refractivity contribution in [1.29, 1.82) is 0 Å². The van der Waals surface area contributed by atoms with Crippen LogP contribution in [0.4, 0.5) is 11.4 Å². The van der Waals surface area contributed by atoms with Crippen LogP contribution in [0.5, 0.6) is 5.75 Å². The molecule has 0 spiro atoms. The molecule has 0 amide bonds. The van der Waals surface area contributed by atoms with E-state index in [1.165, 1.54) is 18.2 Å². The molecular formula is C14H10Cl2N2O7S. The number of benzene rings is 2. The van der Waals surface area contributed by atoms with Crippen molar-refractivity contribution in [3.05, 3.63) is 57.1 Å². The predicted octanol–water partition coefficient (Wildman–Crippen LogP) is 3.09. The third kappa shape index (κ3) is 3.52. The van der Waals surface area contributed by atoms with Gasteiger partial charge in [-0.15, -0.1) is 0 Å². The van der Waals surface area contributed by atoms with Gasteiger partial charge in [-0.2, -0.15) is 12.2 Å². The van der Waals surface area contributed by atoms with E-state index < -0.39 is 42.9 Å². The number of rotatable bonds is 5. The van der Waals surface area contributed by atoms with Crippen LogP contribution in [0.15, 0.2) is 41.3 Å². The minimum absolute atomic E-state index is 0.0724. The number of hydrogen-bond donors (Lipinski definition) is 1. The zero-order valence-electron chi connectivity index (χ0n) is 12.9. The van der Waals surface area contributed by atoms with Crippen LogP contribution in [0.3, 0.4) is 0 Å². The van der Waals surface area contributed by atoms with Crippen LogP contribution < -0.4 is 3.82 Å². The number of carbonyl (C=O) groups excluding carboxylic acids is 1. The van der Waals surface area contributed by atoms with Gasteiger partial charge in [0.05, 0.1) is 17.6 Å². The van der Waals surface area contributed by atoms with E-state index in [9.17, 15) is 28.4 Å². The molecule has 0 atom stereocenters. The van der Waals surface area contributed by atoms with Crippen LogP contribution in [-0.4, -0.2) is 31.5 Å². The first-order valence-electron chi connectivity index (χ1n) is 6.66. The summed E-state index contributed by atoms with van der Waals surface area (Å²) < 4.78 is 30.2. The van der Waals surface area contributed by atoms with Crippen LogP contribution >= 0.6 is 23.4 Å². The number of carbonyl (C=O) groups is 1. The van der Waals surface area contributed by atoms with Crippen molar-refractivity contribution in [2.45, 2.75) is 4.90 Å². The molecule has 0 saturated heterocycles. The number of halogens is 2. The molecule has 9 nitrogen and oxygen atoms in total. The molecule has 1 N–H and O–H groups in total. The summed E-state index contributed by atoms with van der Waals surface area (Å²) in [6.07, 6.45) is 0. The molecule has 2 aromatic rings. The van der Waals surface area contributed by atoms with Gasteiger partial charge >= 0.3 is 11.7 Å². The van der Waals surface area contributed by atoms with Gasteiger partial charge in [0.15, 0.2) is 0 Å². The normalized spacial score (nSPS) is 11.0. The zero-order valence-corrected chi connectivity index (χ0v) is 15.2. The average molecular weight is 421 g/mol. The van der Waals surface area contributed by atoms with E-state index in [1.54, 1.807) is 0 Å². The Labute approximate surface area is 157 Å². The van der Waals surface area contributed by atoms with Crippen molar-refractivity contribution in [2.75, 3.05) is 10.9 Å². The molecule has 0 aliphatic heterocycles. The van der Waals surface area contributed by atoms with Gasteiger partial charge in [-0.25, -0.2) is 4.79 Å². The molecule has 0 fully saturated rings. The monoisotopic (exact) mass is 420 g/mol. The first-order valence-corrected chi connectivity index (χ1v) is 8.82. The summed E-state index contributed by atoms with van der Waals surface area (Å²) in [4.78, 5) is 21.3. The fourth-order valence-electron chi connectivity index (χ4n) is 2.03. The highest BCUT2D eigenvalue weighted by Crippen LogP contribution is 2.42. The van der Waals surface area contributed by atoms with Crippen molar-refractivity contribution in [1.82, 2.24) is 0 Å². The molecule has 138 valence electrons. The van der Waals surface area contributed by atoms with Crippen LogP contribution in [0.1, 0.15) is 10.4 Å². The van der Waals surface area contributed by atoms with Gasteiger partial charge in [-0.05, 0) is 18.2 Å². The SMILES string of the molecule is COC(=O)c1ccccc1S(=O)(=O)N(Cl)c1cc(Cl)cc([N+](=O)[O-])c1O. The van der Waals surface area contributed by atoms with E-state index in [0.29, 0.717) is 0 Å². The lowest BCUT2D eigenvalue weighted by Crippen LogP contribution is -2.24. The molecule has 12 heteroatoms. The molecule has 0 radical (unpaired) electrons. The Morgan fingerprint density at radius 3 is 2.50 bits per heavy atom. The summed E-state index contributed by atoms with van der Waals surface area (Å²) in [5, 5.41) is 20.7. The molecule has 0 bridgehead atoms. The number of nitro benzene ring substituents is 1. The van der Waals surface area contributed by atoms with Crippen molar-refractivity contribution >= 4 is 50.7 Å². The first-order chi connectivity index (χ1) is 12.1. The fourth-order valence-corrected chi connectivity index (χ4v) is 3.84. The fraction of sp³-hybridized carbons (Fsp3) is 0.0714. The Kier molecular flexibility index (Phi) is 5.59. The van der Waals surface area contributed by atoms with Crippen molar-refractivity contribution in [3.63, 3.8) is 0 Å². The molecule has 0 aliphatic rings. The second-order valence-corrected chi connectivity index (χ2v) is 7.49. The maximum absolute atomic E-state index is 12.8. The number of nitro groups is 1. The minimum Gasteiger partial charge on any atom is -0.501 e. The highest BCUT2D eigenvalue weighted by Gasteiger charge is 2.33. The summed E-state index contributed by atoms with van der Waals surface area (Å²) in [6.45, 7) is 0. The molecule has 2 aromatic carbocycles. The summed E-state index contributed by atoms with van der Waals surface area (Å²) in [5.74, 6) is -1.94. The lowest BCUT2D eigenvalue weighted by Gasteiger charge is -2.18. The molecule has 2 rings (SSSR count). The summed E-state index contributed by atoms with van der Waals surface area (Å²) >= 11 is 11.6. The van der Waals surface area contributed by atoms with Gasteiger partial charge < -0.3 is 9.84 Å². The standard InChI is InChI=1S/C14H10Cl2N2O7S/c1-25-14(20)9-4-2-3-5-12(9)26(23,24)17(16)10-6-8(15)7-11(13(10)19)18(21)22/h2-7,19H,1H3. The van der Waals surface area contributed by atoms with Crippen molar-refractivity contribution < 1.29 is 28.0 Å². The third-order valence-electron chi connectivity index (χ3n) is 3.20. The summed E-state index contributed by atoms with van der Waals surface area (Å²) in [5.41, 5.74) is -1.79. The third-order valence-corrected chi connectivity index (χ3v) is 5.68. The minimum atomic E-state index is -4.60. The highest BCUT2D eigenvalue weighted by molar-refractivity contribution is 7.94. The lowest BCUT2D eigenvalue weighted by molar-refractivity contribution is -0.385. The Morgan fingerprint density at radius 2 is 1.92 bits per heavy atom. The number of sulfonamides is 1. The van der Waals surface area contributed by atoms with E-state index in [2.05, 4.69) is 4.74 Å². The predicted molar refractivity (Wildman–Crippen MR) is 93.1 cm³/mol. The lowest BCUT2D eigenvalue weighted by atomic mass is 10.2. The maximum atomic E-state index is 12.8. The maximum Gasteiger partial charge on any atom is 0.339 e. The summed E-state index contributed by atoms with van der Waals surface area (Å²) in [7, 11) is -3.54. The Hall–Kier alpha value is -2.56. The molecule has 0 heterocycles. The second kappa shape index (κ2) is 7.36. The first kappa shape index (κ1) is 19.8. The Bertz CT molecular complexity index is 995. The Balaban J connectivity index is 2.66. The van der Waals surface area contributed by atoms with Crippen molar-refractivity contribution in [3.8, 4) is 5.75 Å². The van der Waals surface area contributed by atoms with Crippen LogP contribution in [0.25, 0.3) is 0 Å². The number of nitrogens with zero attached hydrogens (tertiary/aromatic N) is 2. The molecule has 0 aliphatic carbocycles. The molecular weight excluding hydrogens is 411 g/mol. The van der Waals surface area contributed by atoms with Crippen LogP contribution in [0.2, 0.25) is 5.02 Å². The average Bonchev–Trinajstić information content (AvgIpc) is 2.61. The second-order valence-electron chi connectivity index (χ2n) is 4.76. The Morgan fingerprint density at radius 1 is 1.31 bits per heavy atom. The van der Waals surface area contributed by atoms with E-state index in [-0.39, 0.29) is 14.4 Å². The highest BCUT2D eigenvalue weighted by atomic mass is 35.5. The molecule has 26 heavy (non-hydrogen) atoms. The summed E-state index contributed by atoms with van der Waals surface area (Å²) in [6, 6.07) is 6.79. The van der Waals surface area contributed by atoms with E-state index in [4.69, 9.17) is 23.4 Å². The topological polar surface area (TPSA) is 127 Å². The van der Waals surface area contributed by atoms with Gasteiger partial charge in [0.25, 0.3) is 10.0 Å². The number of ether oxygens (including phenoxy) is 1. The van der Waals surface area contributed by atoms with Crippen molar-refractivity contribution in [2.24, 2.45) is 0 Å². The smallest absolute Gasteiger partial charge is 0.339 e. The number of phenolic OH excluding ortho intramolecular Hbond substituents is 1. The molecule has 0 aromatic heterocycles. The quantitative estimate of drug-likeness (QED) is 0.340. The van der Waals surface area contributed by atoms with Crippen LogP contribution in [-0.2, 0) is 14.8 Å². The van der Waals surface area contributed by atoms with Gasteiger partial charge in [-0.3, -0.25) is 10.1 Å². The number of aromatic hydroxyl groups is 1. The van der Waals surface area contributed by atoms with Gasteiger partial charge in [0.2, 0.25) is 5.75 Å². The molecule has 0 saturated carbocycles. The van der Waals surface area contributed by atoms with Gasteiger partial charge in [-0.1, -0.05) is 23.7 Å². The number of esters is 1.